The molecule has 1 aromatic heterocycles. The summed E-state index contributed by atoms with van der Waals surface area (Å²) < 4.78 is 41.4. The highest BCUT2D eigenvalue weighted by molar-refractivity contribution is 7.10. The number of likely N-dealkylation sites (tertiary alicyclic amines) is 1. The van der Waals surface area contributed by atoms with Gasteiger partial charge in [0, 0.05) is 29.1 Å². The van der Waals surface area contributed by atoms with Gasteiger partial charge in [-0.1, -0.05) is 61.2 Å². The fourth-order valence-electron chi connectivity index (χ4n) is 4.47. The number of rotatable bonds is 9. The summed E-state index contributed by atoms with van der Waals surface area (Å²) in [5.41, 5.74) is 3.47. The van der Waals surface area contributed by atoms with Gasteiger partial charge in [-0.05, 0) is 62.2 Å². The lowest BCUT2D eigenvalue weighted by molar-refractivity contribution is -0.274. The van der Waals surface area contributed by atoms with Crippen LogP contribution in [0.3, 0.4) is 0 Å². The molecule has 1 aliphatic rings. The quantitative estimate of drug-likeness (QED) is 0.275. The molecule has 5 nitrogen and oxygen atoms in total. The van der Waals surface area contributed by atoms with E-state index in [-0.39, 0.29) is 11.7 Å². The van der Waals surface area contributed by atoms with E-state index in [0.717, 1.165) is 37.5 Å². The summed E-state index contributed by atoms with van der Waals surface area (Å²) in [5.74, 6) is -0.318. The van der Waals surface area contributed by atoms with Crippen molar-refractivity contribution in [2.45, 2.75) is 32.0 Å². The third-order valence-electron chi connectivity index (χ3n) is 6.49. The van der Waals surface area contributed by atoms with Gasteiger partial charge in [-0.15, -0.1) is 24.5 Å². The minimum absolute atomic E-state index is 0.305. The van der Waals surface area contributed by atoms with Gasteiger partial charge in [-0.3, -0.25) is 9.69 Å². The molecular weight excluding hydrogens is 523 g/mol. The lowest BCUT2D eigenvalue weighted by atomic mass is 9.97. The molecule has 0 saturated carbocycles. The highest BCUT2D eigenvalue weighted by atomic mass is 32.1. The number of amides is 1. The normalized spacial score (nSPS) is 15.4. The van der Waals surface area contributed by atoms with Crippen molar-refractivity contribution in [2.75, 3.05) is 25.0 Å². The maximum atomic E-state index is 13.1. The Labute approximate surface area is 230 Å². The second-order valence-corrected chi connectivity index (χ2v) is 10.0. The van der Waals surface area contributed by atoms with E-state index in [2.05, 4.69) is 38.7 Å². The minimum atomic E-state index is -4.75. The van der Waals surface area contributed by atoms with Crippen molar-refractivity contribution < 1.29 is 22.7 Å². The van der Waals surface area contributed by atoms with Crippen LogP contribution in [0.5, 0.6) is 5.75 Å². The lowest BCUT2D eigenvalue weighted by Gasteiger charge is -2.31. The molecule has 1 amide bonds. The summed E-state index contributed by atoms with van der Waals surface area (Å²) in [4.78, 5) is 20.1. The van der Waals surface area contributed by atoms with Crippen molar-refractivity contribution in [3.63, 3.8) is 0 Å². The van der Waals surface area contributed by atoms with Gasteiger partial charge >= 0.3 is 6.36 Å². The van der Waals surface area contributed by atoms with Gasteiger partial charge < -0.3 is 10.1 Å². The van der Waals surface area contributed by atoms with E-state index in [9.17, 15) is 18.0 Å². The number of aromatic nitrogens is 1. The molecule has 0 spiro atoms. The predicted octanol–water partition coefficient (Wildman–Crippen LogP) is 7.83. The largest absolute Gasteiger partial charge is 0.573 e. The number of hydrogen-bond acceptors (Lipinski definition) is 5. The summed E-state index contributed by atoms with van der Waals surface area (Å²) >= 11 is 1.50. The van der Waals surface area contributed by atoms with Crippen LogP contribution in [0.1, 0.15) is 41.2 Å². The van der Waals surface area contributed by atoms with Crippen molar-refractivity contribution >= 4 is 22.9 Å². The Morgan fingerprint density at radius 2 is 1.90 bits per heavy atom. The summed E-state index contributed by atoms with van der Waals surface area (Å²) in [6, 6.07) is 12.7. The number of nitrogens with one attached hydrogen (secondary N) is 1. The van der Waals surface area contributed by atoms with Crippen LogP contribution in [-0.2, 0) is 0 Å². The van der Waals surface area contributed by atoms with E-state index in [1.54, 1.807) is 35.7 Å². The predicted molar refractivity (Wildman–Crippen MR) is 150 cm³/mol. The first-order valence-corrected chi connectivity index (χ1v) is 13.5. The lowest BCUT2D eigenvalue weighted by Crippen LogP contribution is -2.34. The number of hydrogen-bond donors (Lipinski definition) is 1. The summed E-state index contributed by atoms with van der Waals surface area (Å²) in [5, 5.41) is 5.66. The van der Waals surface area contributed by atoms with E-state index >= 15 is 0 Å². The highest BCUT2D eigenvalue weighted by Gasteiger charge is 2.31. The number of allylic oxidation sites excluding steroid dienone is 3. The van der Waals surface area contributed by atoms with Crippen molar-refractivity contribution in [1.29, 1.82) is 0 Å². The topological polar surface area (TPSA) is 54.5 Å². The second kappa shape index (κ2) is 12.9. The van der Waals surface area contributed by atoms with Gasteiger partial charge in [0.1, 0.15) is 11.4 Å². The molecule has 39 heavy (non-hydrogen) atoms. The SMILES string of the molecule is C=C/C=C\C(=C/C)CN1CCC(c2nc(C(=O)Nc3ccccc3-c3ccc(OC(F)(F)F)cc3)cs2)CC1. The average Bonchev–Trinajstić information content (AvgIpc) is 3.42. The molecule has 1 N–H and O–H groups in total. The maximum absolute atomic E-state index is 13.1. The Kier molecular flexibility index (Phi) is 9.37. The molecule has 1 fully saturated rings. The zero-order chi connectivity index (χ0) is 27.8. The minimum Gasteiger partial charge on any atom is -0.406 e. The zero-order valence-corrected chi connectivity index (χ0v) is 22.4. The Morgan fingerprint density at radius 3 is 2.56 bits per heavy atom. The maximum Gasteiger partial charge on any atom is 0.573 e. The molecule has 204 valence electrons. The van der Waals surface area contributed by atoms with Crippen LogP contribution in [0.15, 0.2) is 90.4 Å². The van der Waals surface area contributed by atoms with Crippen LogP contribution in [-0.4, -0.2) is 41.8 Å². The molecule has 0 bridgehead atoms. The number of ether oxygens (including phenoxy) is 1. The highest BCUT2D eigenvalue weighted by Crippen LogP contribution is 2.33. The van der Waals surface area contributed by atoms with Crippen molar-refractivity contribution in [3.05, 3.63) is 101 Å². The van der Waals surface area contributed by atoms with Gasteiger partial charge in [0.2, 0.25) is 0 Å². The Bertz CT molecular complexity index is 1340. The Morgan fingerprint density at radius 1 is 1.18 bits per heavy atom. The smallest absolute Gasteiger partial charge is 0.406 e. The number of carbonyl (C=O) groups excluding carboxylic acids is 1. The first kappa shape index (κ1) is 28.3. The van der Waals surface area contributed by atoms with Gasteiger partial charge in [0.25, 0.3) is 5.91 Å². The fraction of sp³-hybridized carbons (Fsp3) is 0.267. The van der Waals surface area contributed by atoms with E-state index in [4.69, 9.17) is 0 Å². The molecule has 0 unspecified atom stereocenters. The Balaban J connectivity index is 1.38. The van der Waals surface area contributed by atoms with E-state index in [1.165, 1.54) is 41.2 Å². The van der Waals surface area contributed by atoms with E-state index < -0.39 is 6.36 Å². The monoisotopic (exact) mass is 553 g/mol. The van der Waals surface area contributed by atoms with Crippen molar-refractivity contribution in [3.8, 4) is 16.9 Å². The second-order valence-electron chi connectivity index (χ2n) is 9.15. The third-order valence-corrected chi connectivity index (χ3v) is 7.50. The first-order valence-electron chi connectivity index (χ1n) is 12.6. The van der Waals surface area contributed by atoms with Crippen LogP contribution < -0.4 is 10.1 Å². The Hall–Kier alpha value is -3.69. The molecule has 0 aliphatic carbocycles. The molecule has 2 heterocycles. The van der Waals surface area contributed by atoms with Gasteiger partial charge in [0.05, 0.1) is 5.01 Å². The number of thiazole rings is 1. The van der Waals surface area contributed by atoms with E-state index in [1.807, 2.05) is 13.0 Å². The first-order chi connectivity index (χ1) is 18.8. The summed E-state index contributed by atoms with van der Waals surface area (Å²) in [7, 11) is 0. The molecule has 4 rings (SSSR count). The molecule has 9 heteroatoms. The van der Waals surface area contributed by atoms with Gasteiger partial charge in [-0.25, -0.2) is 4.98 Å². The molecule has 0 atom stereocenters. The number of piperidine rings is 1. The number of alkyl halides is 3. The van der Waals surface area contributed by atoms with Crippen LogP contribution in [0, 0.1) is 0 Å². The average molecular weight is 554 g/mol. The molecule has 0 radical (unpaired) electrons. The van der Waals surface area contributed by atoms with Crippen molar-refractivity contribution in [2.24, 2.45) is 0 Å². The van der Waals surface area contributed by atoms with Gasteiger partial charge in [0.15, 0.2) is 0 Å². The van der Waals surface area contributed by atoms with E-state index in [0.29, 0.717) is 28.4 Å². The third kappa shape index (κ3) is 7.91. The number of halogens is 3. The number of carbonyl (C=O) groups is 1. The molecular formula is C30H30F3N3O2S. The van der Waals surface area contributed by atoms with Crippen LogP contribution >= 0.6 is 11.3 Å². The molecule has 2 aromatic carbocycles. The number of benzene rings is 2. The summed E-state index contributed by atoms with van der Waals surface area (Å²) in [6.45, 7) is 8.60. The standard InChI is InChI=1S/C30H30F3N3O2S/c1-3-5-8-21(4-2)19-36-17-15-23(16-18-36)29-35-27(20-39-29)28(37)34-26-10-7-6-9-25(26)22-11-13-24(14-12-22)38-30(31,32)33/h3-14,20,23H,1,15-19H2,2H3,(H,34,37)/b8-5-,21-4+. The van der Waals surface area contributed by atoms with Gasteiger partial charge in [-0.2, -0.15) is 0 Å². The molecule has 3 aromatic rings. The number of para-hydroxylation sites is 1. The van der Waals surface area contributed by atoms with Crippen LogP contribution in [0.25, 0.3) is 11.1 Å². The summed E-state index contributed by atoms with van der Waals surface area (Å²) in [6.07, 6.45) is 5.13. The molecule has 1 aliphatic heterocycles. The number of anilines is 1. The van der Waals surface area contributed by atoms with Crippen LogP contribution in [0.2, 0.25) is 0 Å². The molecule has 1 saturated heterocycles. The fourth-order valence-corrected chi connectivity index (χ4v) is 5.45. The van der Waals surface area contributed by atoms with Crippen molar-refractivity contribution in [1.82, 2.24) is 9.88 Å². The van der Waals surface area contributed by atoms with Crippen LogP contribution in [0.4, 0.5) is 18.9 Å². The number of nitrogens with zero attached hydrogens (tertiary/aromatic N) is 2. The zero-order valence-electron chi connectivity index (χ0n) is 21.6.